The van der Waals surface area contributed by atoms with E-state index in [1.54, 1.807) is 18.7 Å². The first-order valence-electron chi connectivity index (χ1n) is 6.39. The molecule has 0 aromatic heterocycles. The smallest absolute Gasteiger partial charge is 0.249 e. The molecule has 6 heteroatoms. The summed E-state index contributed by atoms with van der Waals surface area (Å²) in [7, 11) is 0. The second-order valence-corrected chi connectivity index (χ2v) is 5.69. The second-order valence-electron chi connectivity index (χ2n) is 4.52. The van der Waals surface area contributed by atoms with Crippen LogP contribution < -0.4 is 5.32 Å². The molecule has 3 amide bonds. The van der Waals surface area contributed by atoms with Gasteiger partial charge in [-0.2, -0.15) is 0 Å². The summed E-state index contributed by atoms with van der Waals surface area (Å²) in [4.78, 5) is 37.3. The highest BCUT2D eigenvalue weighted by Crippen LogP contribution is 2.18. The van der Waals surface area contributed by atoms with Crippen LogP contribution in [-0.4, -0.2) is 41.0 Å². The maximum atomic E-state index is 12.1. The zero-order valence-corrected chi connectivity index (χ0v) is 12.0. The lowest BCUT2D eigenvalue weighted by atomic mass is 10.2. The van der Waals surface area contributed by atoms with E-state index >= 15 is 0 Å². The van der Waals surface area contributed by atoms with Gasteiger partial charge in [0, 0.05) is 17.1 Å². The van der Waals surface area contributed by atoms with Gasteiger partial charge in [-0.3, -0.25) is 19.7 Å². The van der Waals surface area contributed by atoms with Crippen LogP contribution in [-0.2, 0) is 14.4 Å². The normalized spacial score (nSPS) is 18.9. The molecule has 1 aromatic carbocycles. The number of nitrogens with zero attached hydrogens (tertiary/aromatic N) is 1. The Balaban J connectivity index is 1.85. The molecule has 1 aliphatic heterocycles. The second kappa shape index (κ2) is 6.56. The van der Waals surface area contributed by atoms with E-state index in [0.29, 0.717) is 12.2 Å². The Kier molecular flexibility index (Phi) is 4.79. The van der Waals surface area contributed by atoms with Gasteiger partial charge in [-0.25, -0.2) is 0 Å². The van der Waals surface area contributed by atoms with Crippen LogP contribution in [0.3, 0.4) is 0 Å². The zero-order chi connectivity index (χ0) is 14.5. The van der Waals surface area contributed by atoms with Crippen molar-refractivity contribution in [3.05, 3.63) is 30.3 Å². The monoisotopic (exact) mass is 292 g/mol. The van der Waals surface area contributed by atoms with Crippen LogP contribution in [0.5, 0.6) is 0 Å². The quantitative estimate of drug-likeness (QED) is 0.665. The van der Waals surface area contributed by atoms with Gasteiger partial charge in [0.25, 0.3) is 0 Å². The number of benzene rings is 1. The van der Waals surface area contributed by atoms with Crippen molar-refractivity contribution in [2.75, 3.05) is 12.3 Å². The maximum Gasteiger partial charge on any atom is 0.249 e. The van der Waals surface area contributed by atoms with Crippen molar-refractivity contribution in [3.8, 4) is 0 Å². The summed E-state index contributed by atoms with van der Waals surface area (Å²) >= 11 is 1.58. The van der Waals surface area contributed by atoms with E-state index in [-0.39, 0.29) is 12.5 Å². The summed E-state index contributed by atoms with van der Waals surface area (Å²) in [5.41, 5.74) is 0. The maximum absolute atomic E-state index is 12.1. The first-order chi connectivity index (χ1) is 9.58. The van der Waals surface area contributed by atoms with Crippen LogP contribution in [0.1, 0.15) is 13.3 Å². The van der Waals surface area contributed by atoms with E-state index in [2.05, 4.69) is 5.32 Å². The van der Waals surface area contributed by atoms with Crippen molar-refractivity contribution in [1.82, 2.24) is 10.2 Å². The molecule has 1 fully saturated rings. The SMILES string of the molecule is CC1C(=O)NC(=O)CN1C(=O)CCSc1ccccc1. The van der Waals surface area contributed by atoms with E-state index in [1.807, 2.05) is 30.3 Å². The molecule has 2 rings (SSSR count). The number of carbonyl (C=O) groups is 3. The summed E-state index contributed by atoms with van der Waals surface area (Å²) in [6, 6.07) is 9.21. The fourth-order valence-corrected chi connectivity index (χ4v) is 2.80. The fourth-order valence-electron chi connectivity index (χ4n) is 1.94. The summed E-state index contributed by atoms with van der Waals surface area (Å²) in [5, 5.41) is 2.22. The number of hydrogen-bond acceptors (Lipinski definition) is 4. The van der Waals surface area contributed by atoms with Gasteiger partial charge in [-0.05, 0) is 19.1 Å². The highest BCUT2D eigenvalue weighted by Gasteiger charge is 2.32. The van der Waals surface area contributed by atoms with Crippen LogP contribution in [0.25, 0.3) is 0 Å². The number of amides is 3. The molecule has 0 aliphatic carbocycles. The molecule has 1 N–H and O–H groups in total. The molecule has 1 saturated heterocycles. The van der Waals surface area contributed by atoms with Crippen molar-refractivity contribution in [2.24, 2.45) is 0 Å². The first kappa shape index (κ1) is 14.6. The Morgan fingerprint density at radius 1 is 1.35 bits per heavy atom. The van der Waals surface area contributed by atoms with Gasteiger partial charge >= 0.3 is 0 Å². The molecule has 5 nitrogen and oxygen atoms in total. The van der Waals surface area contributed by atoms with Crippen LogP contribution in [0.15, 0.2) is 35.2 Å². The third-order valence-corrected chi connectivity index (χ3v) is 4.09. The van der Waals surface area contributed by atoms with E-state index < -0.39 is 17.9 Å². The summed E-state index contributed by atoms with van der Waals surface area (Å²) < 4.78 is 0. The highest BCUT2D eigenvalue weighted by atomic mass is 32.2. The Morgan fingerprint density at radius 3 is 2.75 bits per heavy atom. The summed E-state index contributed by atoms with van der Waals surface area (Å²) in [5.74, 6) is -0.367. The molecule has 1 aromatic rings. The Labute approximate surface area is 121 Å². The highest BCUT2D eigenvalue weighted by molar-refractivity contribution is 7.99. The predicted molar refractivity (Wildman–Crippen MR) is 76.1 cm³/mol. The van der Waals surface area contributed by atoms with Crippen LogP contribution >= 0.6 is 11.8 Å². The van der Waals surface area contributed by atoms with E-state index in [0.717, 1.165) is 4.90 Å². The van der Waals surface area contributed by atoms with Gasteiger partial charge in [-0.15, -0.1) is 11.8 Å². The molecule has 0 spiro atoms. The molecule has 20 heavy (non-hydrogen) atoms. The number of rotatable bonds is 4. The molecule has 1 aliphatic rings. The van der Waals surface area contributed by atoms with Crippen molar-refractivity contribution in [3.63, 3.8) is 0 Å². The molecular formula is C14H16N2O3S. The molecule has 1 unspecified atom stereocenters. The Morgan fingerprint density at radius 2 is 2.05 bits per heavy atom. The molecule has 0 saturated carbocycles. The third kappa shape index (κ3) is 3.60. The van der Waals surface area contributed by atoms with Gasteiger partial charge < -0.3 is 4.90 Å². The lowest BCUT2D eigenvalue weighted by Crippen LogP contribution is -2.58. The van der Waals surface area contributed by atoms with Crippen LogP contribution in [0, 0.1) is 0 Å². The largest absolute Gasteiger partial charge is 0.322 e. The van der Waals surface area contributed by atoms with Gasteiger partial charge in [0.2, 0.25) is 17.7 Å². The van der Waals surface area contributed by atoms with E-state index in [9.17, 15) is 14.4 Å². The minimum absolute atomic E-state index is 0.0399. The minimum Gasteiger partial charge on any atom is -0.322 e. The standard InChI is InChI=1S/C14H16N2O3S/c1-10-14(19)15-12(17)9-16(10)13(18)7-8-20-11-5-3-2-4-6-11/h2-6,10H,7-9H2,1H3,(H,15,17,19). The number of hydrogen-bond donors (Lipinski definition) is 1. The third-order valence-electron chi connectivity index (χ3n) is 3.07. The Hall–Kier alpha value is -1.82. The van der Waals surface area contributed by atoms with Gasteiger partial charge in [0.05, 0.1) is 0 Å². The molecule has 1 atom stereocenters. The van der Waals surface area contributed by atoms with Crippen molar-refractivity contribution < 1.29 is 14.4 Å². The Bertz CT molecular complexity index is 518. The first-order valence-corrected chi connectivity index (χ1v) is 7.37. The van der Waals surface area contributed by atoms with Crippen molar-refractivity contribution in [2.45, 2.75) is 24.3 Å². The molecule has 106 valence electrons. The predicted octanol–water partition coefficient (Wildman–Crippen LogP) is 1.04. The molecule has 0 radical (unpaired) electrons. The van der Waals surface area contributed by atoms with Crippen LogP contribution in [0.4, 0.5) is 0 Å². The van der Waals surface area contributed by atoms with Crippen LogP contribution in [0.2, 0.25) is 0 Å². The van der Waals surface area contributed by atoms with E-state index in [1.165, 1.54) is 4.90 Å². The number of imide groups is 1. The lowest BCUT2D eigenvalue weighted by molar-refractivity contribution is -0.149. The van der Waals surface area contributed by atoms with Crippen molar-refractivity contribution >= 4 is 29.5 Å². The lowest BCUT2D eigenvalue weighted by Gasteiger charge is -2.31. The fraction of sp³-hybridized carbons (Fsp3) is 0.357. The average molecular weight is 292 g/mol. The van der Waals surface area contributed by atoms with Gasteiger partial charge in [-0.1, -0.05) is 18.2 Å². The molecular weight excluding hydrogens is 276 g/mol. The van der Waals surface area contributed by atoms with E-state index in [4.69, 9.17) is 0 Å². The van der Waals surface area contributed by atoms with Gasteiger partial charge in [0.1, 0.15) is 12.6 Å². The minimum atomic E-state index is -0.582. The van der Waals surface area contributed by atoms with Gasteiger partial charge in [0.15, 0.2) is 0 Å². The number of thioether (sulfide) groups is 1. The number of nitrogens with one attached hydrogen (secondary N) is 1. The summed E-state index contributed by atoms with van der Waals surface area (Å²) in [6.07, 6.45) is 0.310. The molecule has 0 bridgehead atoms. The average Bonchev–Trinajstić information content (AvgIpc) is 2.44. The van der Waals surface area contributed by atoms with Crippen molar-refractivity contribution in [1.29, 1.82) is 0 Å². The zero-order valence-electron chi connectivity index (χ0n) is 11.2. The number of carbonyl (C=O) groups excluding carboxylic acids is 3. The molecule has 1 heterocycles. The number of piperazine rings is 1. The summed E-state index contributed by atoms with van der Waals surface area (Å²) in [6.45, 7) is 1.59. The topological polar surface area (TPSA) is 66.5 Å².